The Labute approximate surface area is 121 Å². The maximum Gasteiger partial charge on any atom is 0.239 e. The molecule has 114 valence electrons. The summed E-state index contributed by atoms with van der Waals surface area (Å²) < 4.78 is 1.87. The van der Waals surface area contributed by atoms with Gasteiger partial charge in [-0.15, -0.1) is 0 Å². The second-order valence-electron chi connectivity index (χ2n) is 4.76. The van der Waals surface area contributed by atoms with Crippen molar-refractivity contribution in [1.82, 2.24) is 20.4 Å². The number of carbonyl (C=O) groups is 1. The largest absolute Gasteiger partial charge is 0.355 e. The zero-order valence-corrected chi connectivity index (χ0v) is 13.3. The van der Waals surface area contributed by atoms with Gasteiger partial charge in [0.25, 0.3) is 0 Å². The van der Waals surface area contributed by atoms with Gasteiger partial charge in [0.05, 0.1) is 12.2 Å². The summed E-state index contributed by atoms with van der Waals surface area (Å²) in [4.78, 5) is 13.9. The molecular formula is C14H27N5O. The van der Waals surface area contributed by atoms with Crippen molar-refractivity contribution in [2.24, 2.45) is 7.05 Å². The van der Waals surface area contributed by atoms with E-state index in [-0.39, 0.29) is 5.91 Å². The first kappa shape index (κ1) is 16.5. The van der Waals surface area contributed by atoms with E-state index in [0.29, 0.717) is 13.1 Å². The summed E-state index contributed by atoms with van der Waals surface area (Å²) in [5, 5.41) is 10.7. The monoisotopic (exact) mass is 281 g/mol. The van der Waals surface area contributed by atoms with E-state index in [1.807, 2.05) is 25.6 Å². The highest BCUT2D eigenvalue weighted by Gasteiger charge is 2.19. The summed E-state index contributed by atoms with van der Waals surface area (Å²) >= 11 is 0. The second-order valence-corrected chi connectivity index (χ2v) is 4.76. The number of anilines is 1. The van der Waals surface area contributed by atoms with Crippen LogP contribution in [-0.2, 0) is 18.4 Å². The van der Waals surface area contributed by atoms with Crippen molar-refractivity contribution in [2.75, 3.05) is 31.1 Å². The maximum atomic E-state index is 11.8. The fourth-order valence-electron chi connectivity index (χ4n) is 2.31. The third-order valence-electron chi connectivity index (χ3n) is 3.25. The van der Waals surface area contributed by atoms with Crippen molar-refractivity contribution >= 4 is 11.7 Å². The summed E-state index contributed by atoms with van der Waals surface area (Å²) in [6, 6.07) is 0. The van der Waals surface area contributed by atoms with Gasteiger partial charge in [-0.25, -0.2) is 0 Å². The van der Waals surface area contributed by atoms with Gasteiger partial charge in [0.15, 0.2) is 0 Å². The first-order valence-electron chi connectivity index (χ1n) is 7.29. The molecule has 2 N–H and O–H groups in total. The van der Waals surface area contributed by atoms with Crippen molar-refractivity contribution in [3.8, 4) is 0 Å². The van der Waals surface area contributed by atoms with E-state index >= 15 is 0 Å². The quantitative estimate of drug-likeness (QED) is 0.740. The van der Waals surface area contributed by atoms with E-state index in [1.54, 1.807) is 0 Å². The maximum absolute atomic E-state index is 11.8. The van der Waals surface area contributed by atoms with Crippen LogP contribution in [0, 0.1) is 6.92 Å². The van der Waals surface area contributed by atoms with E-state index in [1.165, 1.54) is 5.56 Å². The van der Waals surface area contributed by atoms with Crippen LogP contribution in [0.4, 0.5) is 5.82 Å². The van der Waals surface area contributed by atoms with Gasteiger partial charge in [0.2, 0.25) is 5.91 Å². The minimum Gasteiger partial charge on any atom is -0.355 e. The van der Waals surface area contributed by atoms with Gasteiger partial charge in [0, 0.05) is 32.2 Å². The highest BCUT2D eigenvalue weighted by Crippen LogP contribution is 2.22. The Morgan fingerprint density at radius 3 is 2.55 bits per heavy atom. The molecular weight excluding hydrogens is 254 g/mol. The standard InChI is InChI=1S/C14H27N5O/c1-6-15-9-12-11(4)17-18(5)14(12)19(8-3)10-13(20)16-7-2/h15H,6-10H2,1-5H3,(H,16,20). The third kappa shape index (κ3) is 3.96. The van der Waals surface area contributed by atoms with Crippen molar-refractivity contribution in [1.29, 1.82) is 0 Å². The minimum absolute atomic E-state index is 0.0441. The SMILES string of the molecule is CCNCc1c(C)nn(C)c1N(CC)CC(=O)NCC. The van der Waals surface area contributed by atoms with E-state index in [0.717, 1.165) is 31.1 Å². The van der Waals surface area contributed by atoms with Gasteiger partial charge in [-0.3, -0.25) is 9.48 Å². The molecule has 0 atom stereocenters. The molecule has 0 bridgehead atoms. The van der Waals surface area contributed by atoms with Gasteiger partial charge in [0.1, 0.15) is 5.82 Å². The zero-order valence-electron chi connectivity index (χ0n) is 13.3. The molecule has 0 aliphatic rings. The molecule has 20 heavy (non-hydrogen) atoms. The summed E-state index contributed by atoms with van der Waals surface area (Å²) in [6.07, 6.45) is 0. The van der Waals surface area contributed by atoms with Crippen LogP contribution in [0.2, 0.25) is 0 Å². The van der Waals surface area contributed by atoms with Crippen LogP contribution in [0.5, 0.6) is 0 Å². The minimum atomic E-state index is 0.0441. The molecule has 1 aromatic heterocycles. The highest BCUT2D eigenvalue weighted by molar-refractivity contribution is 5.81. The van der Waals surface area contributed by atoms with Crippen LogP contribution in [0.3, 0.4) is 0 Å². The van der Waals surface area contributed by atoms with Crippen LogP contribution >= 0.6 is 0 Å². The second kappa shape index (κ2) is 7.89. The van der Waals surface area contributed by atoms with Gasteiger partial charge in [-0.1, -0.05) is 6.92 Å². The van der Waals surface area contributed by atoms with Gasteiger partial charge in [-0.05, 0) is 27.3 Å². The lowest BCUT2D eigenvalue weighted by molar-refractivity contribution is -0.119. The molecule has 0 unspecified atom stereocenters. The Hall–Kier alpha value is -1.56. The highest BCUT2D eigenvalue weighted by atomic mass is 16.2. The number of hydrogen-bond donors (Lipinski definition) is 2. The smallest absolute Gasteiger partial charge is 0.239 e. The molecule has 1 amide bonds. The predicted molar refractivity (Wildman–Crippen MR) is 81.9 cm³/mol. The van der Waals surface area contributed by atoms with Gasteiger partial charge >= 0.3 is 0 Å². The normalized spacial score (nSPS) is 10.7. The average molecular weight is 281 g/mol. The van der Waals surface area contributed by atoms with E-state index < -0.39 is 0 Å². The first-order chi connectivity index (χ1) is 9.54. The van der Waals surface area contributed by atoms with Crippen LogP contribution < -0.4 is 15.5 Å². The first-order valence-corrected chi connectivity index (χ1v) is 7.29. The number of hydrogen-bond acceptors (Lipinski definition) is 4. The van der Waals surface area contributed by atoms with E-state index in [4.69, 9.17) is 0 Å². The molecule has 0 fully saturated rings. The molecule has 1 aromatic rings. The van der Waals surface area contributed by atoms with Crippen LogP contribution in [-0.4, -0.2) is 41.9 Å². The lowest BCUT2D eigenvalue weighted by Crippen LogP contribution is -2.38. The molecule has 1 rings (SSSR count). The fraction of sp³-hybridized carbons (Fsp3) is 0.714. The summed E-state index contributed by atoms with van der Waals surface area (Å²) in [5.74, 6) is 1.07. The molecule has 0 radical (unpaired) electrons. The predicted octanol–water partition coefficient (Wildman–Crippen LogP) is 0.800. The lowest BCUT2D eigenvalue weighted by Gasteiger charge is -2.24. The summed E-state index contributed by atoms with van der Waals surface area (Å²) in [6.45, 7) is 11.6. The number of nitrogens with one attached hydrogen (secondary N) is 2. The molecule has 6 nitrogen and oxygen atoms in total. The Kier molecular flexibility index (Phi) is 6.51. The van der Waals surface area contributed by atoms with Crippen molar-refractivity contribution in [3.63, 3.8) is 0 Å². The number of rotatable bonds is 8. The van der Waals surface area contributed by atoms with Crippen molar-refractivity contribution in [3.05, 3.63) is 11.3 Å². The van der Waals surface area contributed by atoms with Gasteiger partial charge < -0.3 is 15.5 Å². The van der Waals surface area contributed by atoms with E-state index in [9.17, 15) is 4.79 Å². The number of aryl methyl sites for hydroxylation is 2. The molecule has 0 aliphatic carbocycles. The molecule has 6 heteroatoms. The van der Waals surface area contributed by atoms with Crippen LogP contribution in [0.25, 0.3) is 0 Å². The third-order valence-corrected chi connectivity index (χ3v) is 3.25. The van der Waals surface area contributed by atoms with Crippen molar-refractivity contribution in [2.45, 2.75) is 34.2 Å². The lowest BCUT2D eigenvalue weighted by atomic mass is 10.2. The van der Waals surface area contributed by atoms with Gasteiger partial charge in [-0.2, -0.15) is 5.10 Å². The molecule has 0 saturated carbocycles. The zero-order chi connectivity index (χ0) is 15.1. The van der Waals surface area contributed by atoms with E-state index in [2.05, 4.69) is 34.5 Å². The molecule has 0 aromatic carbocycles. The fourth-order valence-corrected chi connectivity index (χ4v) is 2.31. The Balaban J connectivity index is 2.98. The number of carbonyl (C=O) groups excluding carboxylic acids is 1. The Morgan fingerprint density at radius 2 is 2.00 bits per heavy atom. The summed E-state index contributed by atoms with van der Waals surface area (Å²) in [5.41, 5.74) is 2.18. The number of aromatic nitrogens is 2. The summed E-state index contributed by atoms with van der Waals surface area (Å²) in [7, 11) is 1.93. The number of likely N-dealkylation sites (N-methyl/N-ethyl adjacent to an activating group) is 2. The average Bonchev–Trinajstić information content (AvgIpc) is 2.68. The number of nitrogens with zero attached hydrogens (tertiary/aromatic N) is 3. The molecule has 0 spiro atoms. The topological polar surface area (TPSA) is 62.2 Å². The molecule has 0 saturated heterocycles. The van der Waals surface area contributed by atoms with Crippen molar-refractivity contribution < 1.29 is 4.79 Å². The molecule has 0 aliphatic heterocycles. The van der Waals surface area contributed by atoms with Crippen LogP contribution in [0.15, 0.2) is 0 Å². The number of amides is 1. The Bertz CT molecular complexity index is 441. The molecule has 1 heterocycles. The Morgan fingerprint density at radius 1 is 1.30 bits per heavy atom. The van der Waals surface area contributed by atoms with Crippen LogP contribution in [0.1, 0.15) is 32.0 Å².